The van der Waals surface area contributed by atoms with Gasteiger partial charge in [0.15, 0.2) is 11.6 Å². The number of H-pyrrole nitrogens is 1. The number of rotatable bonds is 5. The zero-order chi connectivity index (χ0) is 20.4. The molecule has 1 aromatic heterocycles. The average molecular weight is 423 g/mol. The molecule has 0 saturated heterocycles. The Kier molecular flexibility index (Phi) is 5.70. The van der Waals surface area contributed by atoms with Gasteiger partial charge in [0.05, 0.1) is 29.2 Å². The number of hydrogen-bond donors (Lipinski definition) is 2. The second-order valence-corrected chi connectivity index (χ2v) is 6.69. The van der Waals surface area contributed by atoms with Crippen LogP contribution < -0.4 is 10.4 Å². The number of halogens is 3. The first-order valence-electron chi connectivity index (χ1n) is 7.94. The lowest BCUT2D eigenvalue weighted by molar-refractivity contribution is 0.271. The number of aliphatic hydroxyl groups is 1. The minimum Gasteiger partial charge on any atom is -0.453 e. The Morgan fingerprint density at radius 2 is 2.14 bits per heavy atom. The van der Waals surface area contributed by atoms with Gasteiger partial charge in [-0.25, -0.2) is 14.3 Å². The predicted octanol–water partition coefficient (Wildman–Crippen LogP) is 3.34. The standard InChI is InChI=1S/C18H13Cl2FN4O3/c1-25-17(23-24-18(25)27)13(8-26)12-2-3-14(20)16(15(12)21)28-11-5-9(7-22)4-10(19)6-11/h2-6,13,26H,8H2,1H3,(H,24,27). The molecule has 7 nitrogen and oxygen atoms in total. The molecule has 1 unspecified atom stereocenters. The van der Waals surface area contributed by atoms with E-state index in [4.69, 9.17) is 33.2 Å². The maximum absolute atomic E-state index is 15.2. The highest BCUT2D eigenvalue weighted by Gasteiger charge is 2.26. The van der Waals surface area contributed by atoms with E-state index in [9.17, 15) is 9.90 Å². The van der Waals surface area contributed by atoms with Gasteiger partial charge in [0.2, 0.25) is 0 Å². The maximum Gasteiger partial charge on any atom is 0.343 e. The van der Waals surface area contributed by atoms with Crippen molar-refractivity contribution < 1.29 is 14.2 Å². The Labute approximate surface area is 168 Å². The number of ether oxygens (including phenoxy) is 1. The van der Waals surface area contributed by atoms with E-state index in [1.807, 2.05) is 6.07 Å². The molecule has 0 aliphatic rings. The predicted molar refractivity (Wildman–Crippen MR) is 100 cm³/mol. The van der Waals surface area contributed by atoms with E-state index >= 15 is 4.39 Å². The number of aliphatic hydroxyl groups excluding tert-OH is 1. The van der Waals surface area contributed by atoms with Gasteiger partial charge in [0, 0.05) is 17.6 Å². The van der Waals surface area contributed by atoms with Crippen molar-refractivity contribution in [3.63, 3.8) is 0 Å². The van der Waals surface area contributed by atoms with Crippen molar-refractivity contribution in [2.24, 2.45) is 7.05 Å². The maximum atomic E-state index is 15.2. The summed E-state index contributed by atoms with van der Waals surface area (Å²) in [5, 5.41) is 25.1. The van der Waals surface area contributed by atoms with Crippen LogP contribution in [0.15, 0.2) is 35.1 Å². The second-order valence-electron chi connectivity index (χ2n) is 5.85. The van der Waals surface area contributed by atoms with Crippen molar-refractivity contribution in [1.82, 2.24) is 14.8 Å². The van der Waals surface area contributed by atoms with Crippen LogP contribution >= 0.6 is 23.2 Å². The molecule has 0 radical (unpaired) electrons. The molecule has 2 N–H and O–H groups in total. The number of hydrogen-bond acceptors (Lipinski definition) is 5. The van der Waals surface area contributed by atoms with E-state index in [1.54, 1.807) is 0 Å². The molecule has 0 saturated carbocycles. The smallest absolute Gasteiger partial charge is 0.343 e. The van der Waals surface area contributed by atoms with Gasteiger partial charge in [-0.05, 0) is 24.3 Å². The first kappa shape index (κ1) is 19.9. The monoisotopic (exact) mass is 422 g/mol. The van der Waals surface area contributed by atoms with Crippen LogP contribution in [0.2, 0.25) is 10.0 Å². The van der Waals surface area contributed by atoms with Crippen LogP contribution in [0.25, 0.3) is 0 Å². The molecule has 2 aromatic carbocycles. The van der Waals surface area contributed by atoms with E-state index in [0.29, 0.717) is 0 Å². The normalized spacial score (nSPS) is 11.9. The second kappa shape index (κ2) is 8.02. The molecule has 3 aromatic rings. The van der Waals surface area contributed by atoms with Crippen LogP contribution in [-0.2, 0) is 7.05 Å². The molecule has 0 spiro atoms. The highest BCUT2D eigenvalue weighted by atomic mass is 35.5. The molecule has 0 amide bonds. The molecular formula is C18H13Cl2FN4O3. The SMILES string of the molecule is Cn1c(C(CO)c2ccc(Cl)c(Oc3cc(Cl)cc(C#N)c3)c2F)n[nH]c1=O. The third-order valence-electron chi connectivity index (χ3n) is 4.08. The minimum atomic E-state index is -0.933. The number of aromatic nitrogens is 3. The lowest BCUT2D eigenvalue weighted by atomic mass is 9.98. The van der Waals surface area contributed by atoms with Crippen molar-refractivity contribution >= 4 is 23.2 Å². The van der Waals surface area contributed by atoms with Gasteiger partial charge in [-0.1, -0.05) is 29.3 Å². The first-order valence-corrected chi connectivity index (χ1v) is 8.70. The van der Waals surface area contributed by atoms with Crippen LogP contribution in [0, 0.1) is 17.1 Å². The van der Waals surface area contributed by atoms with Gasteiger partial charge in [0.1, 0.15) is 11.6 Å². The third kappa shape index (κ3) is 3.73. The summed E-state index contributed by atoms with van der Waals surface area (Å²) in [4.78, 5) is 11.6. The Morgan fingerprint density at radius 3 is 2.75 bits per heavy atom. The van der Waals surface area contributed by atoms with Crippen molar-refractivity contribution in [3.8, 4) is 17.6 Å². The molecule has 1 heterocycles. The van der Waals surface area contributed by atoms with E-state index in [1.165, 1.54) is 41.9 Å². The molecule has 0 aliphatic heterocycles. The quantitative estimate of drug-likeness (QED) is 0.655. The van der Waals surface area contributed by atoms with Crippen molar-refractivity contribution in [3.05, 3.63) is 73.6 Å². The highest BCUT2D eigenvalue weighted by Crippen LogP contribution is 2.38. The highest BCUT2D eigenvalue weighted by molar-refractivity contribution is 6.32. The molecule has 0 bridgehead atoms. The van der Waals surface area contributed by atoms with Gasteiger partial charge in [0.25, 0.3) is 0 Å². The fraction of sp³-hybridized carbons (Fsp3) is 0.167. The Bertz CT molecular complexity index is 1140. The zero-order valence-electron chi connectivity index (χ0n) is 14.4. The van der Waals surface area contributed by atoms with Gasteiger partial charge in [-0.15, -0.1) is 0 Å². The molecule has 10 heteroatoms. The summed E-state index contributed by atoms with van der Waals surface area (Å²) in [5.74, 6) is -1.80. The van der Waals surface area contributed by atoms with Crippen LogP contribution in [0.1, 0.15) is 22.9 Å². The van der Waals surface area contributed by atoms with Gasteiger partial charge in [-0.3, -0.25) is 4.57 Å². The first-order chi connectivity index (χ1) is 13.3. The van der Waals surface area contributed by atoms with E-state index in [2.05, 4.69) is 10.2 Å². The average Bonchev–Trinajstić information content (AvgIpc) is 2.99. The van der Waals surface area contributed by atoms with Crippen molar-refractivity contribution in [2.45, 2.75) is 5.92 Å². The van der Waals surface area contributed by atoms with Crippen LogP contribution in [0.3, 0.4) is 0 Å². The largest absolute Gasteiger partial charge is 0.453 e. The molecule has 28 heavy (non-hydrogen) atoms. The summed E-state index contributed by atoms with van der Waals surface area (Å²) in [6.45, 7) is -0.508. The van der Waals surface area contributed by atoms with Crippen molar-refractivity contribution in [2.75, 3.05) is 6.61 Å². The van der Waals surface area contributed by atoms with Crippen molar-refractivity contribution in [1.29, 1.82) is 5.26 Å². The summed E-state index contributed by atoms with van der Waals surface area (Å²) in [6, 6.07) is 8.93. The van der Waals surface area contributed by atoms with E-state index < -0.39 is 24.0 Å². The van der Waals surface area contributed by atoms with Crippen LogP contribution in [0.4, 0.5) is 4.39 Å². The molecule has 1 atom stereocenters. The number of nitrogens with zero attached hydrogens (tertiary/aromatic N) is 3. The summed E-state index contributed by atoms with van der Waals surface area (Å²) in [5.41, 5.74) is -0.233. The number of nitrogens with one attached hydrogen (secondary N) is 1. The fourth-order valence-corrected chi connectivity index (χ4v) is 3.11. The topological polar surface area (TPSA) is 104 Å². The number of nitriles is 1. The van der Waals surface area contributed by atoms with Gasteiger partial charge < -0.3 is 9.84 Å². The van der Waals surface area contributed by atoms with E-state index in [0.717, 1.165) is 0 Å². The molecule has 144 valence electrons. The molecule has 0 aliphatic carbocycles. The van der Waals surface area contributed by atoms with Crippen LogP contribution in [0.5, 0.6) is 11.5 Å². The lowest BCUT2D eigenvalue weighted by Crippen LogP contribution is -2.19. The molecule has 0 fully saturated rings. The minimum absolute atomic E-state index is 0.0210. The number of benzene rings is 2. The summed E-state index contributed by atoms with van der Waals surface area (Å²) < 4.78 is 21.9. The van der Waals surface area contributed by atoms with Gasteiger partial charge in [-0.2, -0.15) is 10.4 Å². The van der Waals surface area contributed by atoms with Crippen LogP contribution in [-0.4, -0.2) is 26.5 Å². The lowest BCUT2D eigenvalue weighted by Gasteiger charge is -2.17. The van der Waals surface area contributed by atoms with E-state index in [-0.39, 0.29) is 38.5 Å². The fourth-order valence-electron chi connectivity index (χ4n) is 2.70. The summed E-state index contributed by atoms with van der Waals surface area (Å²) in [6.07, 6.45) is 0. The zero-order valence-corrected chi connectivity index (χ0v) is 15.9. The molecule has 3 rings (SSSR count). The van der Waals surface area contributed by atoms with Gasteiger partial charge >= 0.3 is 5.69 Å². The third-order valence-corrected chi connectivity index (χ3v) is 4.60. The summed E-state index contributed by atoms with van der Waals surface area (Å²) in [7, 11) is 1.45. The Hall–Kier alpha value is -2.86. The Morgan fingerprint density at radius 1 is 1.39 bits per heavy atom. The number of aromatic amines is 1. The Balaban J connectivity index is 2.07. The summed E-state index contributed by atoms with van der Waals surface area (Å²) >= 11 is 12.0. The molecular weight excluding hydrogens is 410 g/mol.